The summed E-state index contributed by atoms with van der Waals surface area (Å²) in [4.78, 5) is 17.5. The predicted molar refractivity (Wildman–Crippen MR) is 142 cm³/mol. The Labute approximate surface area is 215 Å². The summed E-state index contributed by atoms with van der Waals surface area (Å²) in [5.41, 5.74) is 4.38. The van der Waals surface area contributed by atoms with E-state index in [0.717, 1.165) is 43.0 Å². The van der Waals surface area contributed by atoms with Crippen LogP contribution in [-0.2, 0) is 6.54 Å². The first-order valence-corrected chi connectivity index (χ1v) is 13.4. The standard InChI is InChI=1S/C29H43N3O4/c1-7-31(6)16-26(33)17-35-28-11-8-22(19(3)20(28)4)15-32-24-9-10-25(32)14-23(13-24)30-29(34)27-12-18(2)36-21(27)5/h8,11-12,23-26,33H,7,9-10,13-17H2,1-6H3,(H,30,34)/t23?,24?,25?,26-/m0/s1. The molecule has 0 aliphatic carbocycles. The van der Waals surface area contributed by atoms with Crippen LogP contribution in [0.4, 0.5) is 0 Å². The van der Waals surface area contributed by atoms with Gasteiger partial charge in [-0.1, -0.05) is 13.0 Å². The third kappa shape index (κ3) is 5.96. The number of carbonyl (C=O) groups is 1. The molecular weight excluding hydrogens is 454 g/mol. The van der Waals surface area contributed by atoms with Crippen LogP contribution in [0.1, 0.15) is 71.2 Å². The molecule has 2 aliphatic heterocycles. The Morgan fingerprint density at radius 3 is 2.50 bits per heavy atom. The molecule has 0 spiro atoms. The van der Waals surface area contributed by atoms with Gasteiger partial charge in [-0.15, -0.1) is 0 Å². The molecule has 7 heteroatoms. The molecule has 2 N–H and O–H groups in total. The summed E-state index contributed by atoms with van der Waals surface area (Å²) >= 11 is 0. The molecule has 3 atom stereocenters. The topological polar surface area (TPSA) is 78.2 Å². The predicted octanol–water partition coefficient (Wildman–Crippen LogP) is 4.13. The molecule has 2 unspecified atom stereocenters. The Kier molecular flexibility index (Phi) is 8.43. The smallest absolute Gasteiger partial charge is 0.255 e. The highest BCUT2D eigenvalue weighted by Crippen LogP contribution is 2.38. The molecule has 0 radical (unpaired) electrons. The second-order valence-electron chi connectivity index (χ2n) is 10.8. The van der Waals surface area contributed by atoms with E-state index < -0.39 is 6.10 Å². The normalized spacial score (nSPS) is 22.7. The lowest BCUT2D eigenvalue weighted by Crippen LogP contribution is -2.50. The van der Waals surface area contributed by atoms with Gasteiger partial charge in [0.25, 0.3) is 5.91 Å². The van der Waals surface area contributed by atoms with E-state index in [1.807, 2.05) is 27.0 Å². The van der Waals surface area contributed by atoms with Crippen molar-refractivity contribution in [2.45, 2.75) is 91.1 Å². The fourth-order valence-corrected chi connectivity index (χ4v) is 5.87. The van der Waals surface area contributed by atoms with Gasteiger partial charge >= 0.3 is 0 Å². The summed E-state index contributed by atoms with van der Waals surface area (Å²) in [7, 11) is 2.00. The number of amides is 1. The number of aliphatic hydroxyl groups excluding tert-OH is 1. The van der Waals surface area contributed by atoms with Crippen molar-refractivity contribution in [2.75, 3.05) is 26.7 Å². The number of benzene rings is 1. The van der Waals surface area contributed by atoms with Crippen molar-refractivity contribution in [3.63, 3.8) is 0 Å². The number of furan rings is 1. The Balaban J connectivity index is 1.35. The van der Waals surface area contributed by atoms with Gasteiger partial charge in [-0.25, -0.2) is 0 Å². The van der Waals surface area contributed by atoms with Crippen LogP contribution >= 0.6 is 0 Å². The van der Waals surface area contributed by atoms with Crippen LogP contribution in [-0.4, -0.2) is 71.8 Å². The van der Waals surface area contributed by atoms with Crippen molar-refractivity contribution in [2.24, 2.45) is 0 Å². The molecule has 2 saturated heterocycles. The van der Waals surface area contributed by atoms with Gasteiger partial charge < -0.3 is 24.5 Å². The lowest BCUT2D eigenvalue weighted by molar-refractivity contribution is 0.0774. The summed E-state index contributed by atoms with van der Waals surface area (Å²) in [5.74, 6) is 2.29. The van der Waals surface area contributed by atoms with E-state index >= 15 is 0 Å². The number of nitrogens with zero attached hydrogens (tertiary/aromatic N) is 2. The first-order valence-electron chi connectivity index (χ1n) is 13.4. The number of rotatable bonds is 10. The zero-order valence-electron chi connectivity index (χ0n) is 22.8. The average Bonchev–Trinajstić information content (AvgIpc) is 3.29. The highest BCUT2D eigenvalue weighted by Gasteiger charge is 2.41. The maximum atomic E-state index is 12.8. The Bertz CT molecular complexity index is 1050. The van der Waals surface area contributed by atoms with Crippen molar-refractivity contribution >= 4 is 5.91 Å². The molecule has 1 aromatic carbocycles. The Morgan fingerprint density at radius 1 is 1.19 bits per heavy atom. The molecule has 36 heavy (non-hydrogen) atoms. The van der Waals surface area contributed by atoms with E-state index in [4.69, 9.17) is 9.15 Å². The fourth-order valence-electron chi connectivity index (χ4n) is 5.87. The SMILES string of the molecule is CCN(C)C[C@H](O)COc1ccc(CN2C3CCC2CC(NC(=O)c2cc(C)oc2C)C3)c(C)c1C. The van der Waals surface area contributed by atoms with Gasteiger partial charge in [0.2, 0.25) is 0 Å². The van der Waals surface area contributed by atoms with Crippen molar-refractivity contribution in [3.05, 3.63) is 52.0 Å². The average molecular weight is 498 g/mol. The molecule has 4 rings (SSSR count). The number of nitrogens with one attached hydrogen (secondary N) is 1. The first kappa shape index (κ1) is 26.7. The molecule has 7 nitrogen and oxygen atoms in total. The second-order valence-corrected chi connectivity index (χ2v) is 10.8. The molecule has 2 aromatic rings. The third-order valence-electron chi connectivity index (χ3n) is 8.20. The molecular formula is C29H43N3O4. The van der Waals surface area contributed by atoms with Crippen LogP contribution < -0.4 is 10.1 Å². The molecule has 2 bridgehead atoms. The number of hydrogen-bond acceptors (Lipinski definition) is 6. The molecule has 3 heterocycles. The number of piperidine rings is 1. The quantitative estimate of drug-likeness (QED) is 0.514. The summed E-state index contributed by atoms with van der Waals surface area (Å²) in [6.07, 6.45) is 3.84. The zero-order chi connectivity index (χ0) is 26.0. The van der Waals surface area contributed by atoms with Crippen LogP contribution in [0.25, 0.3) is 0 Å². The third-order valence-corrected chi connectivity index (χ3v) is 8.20. The summed E-state index contributed by atoms with van der Waals surface area (Å²) in [5, 5.41) is 13.5. The highest BCUT2D eigenvalue weighted by atomic mass is 16.5. The number of hydrogen-bond donors (Lipinski definition) is 2. The van der Waals surface area contributed by atoms with E-state index in [1.165, 1.54) is 24.0 Å². The summed E-state index contributed by atoms with van der Waals surface area (Å²) < 4.78 is 11.5. The number of aliphatic hydroxyl groups is 1. The largest absolute Gasteiger partial charge is 0.491 e. The monoisotopic (exact) mass is 497 g/mol. The fraction of sp³-hybridized carbons (Fsp3) is 0.621. The van der Waals surface area contributed by atoms with Crippen LogP contribution in [0.2, 0.25) is 0 Å². The zero-order valence-corrected chi connectivity index (χ0v) is 22.8. The number of ether oxygens (including phenoxy) is 1. The Hall–Kier alpha value is -2.35. The Morgan fingerprint density at radius 2 is 1.89 bits per heavy atom. The van der Waals surface area contributed by atoms with Gasteiger partial charge in [-0.3, -0.25) is 9.69 Å². The lowest BCUT2D eigenvalue weighted by Gasteiger charge is -2.39. The van der Waals surface area contributed by atoms with E-state index in [1.54, 1.807) is 0 Å². The van der Waals surface area contributed by atoms with Crippen LogP contribution in [0.15, 0.2) is 22.6 Å². The van der Waals surface area contributed by atoms with Gasteiger partial charge in [0.15, 0.2) is 0 Å². The van der Waals surface area contributed by atoms with Gasteiger partial charge in [0, 0.05) is 31.2 Å². The minimum atomic E-state index is -0.506. The number of fused-ring (bicyclic) bond motifs is 2. The maximum Gasteiger partial charge on any atom is 0.255 e. The van der Waals surface area contributed by atoms with Crippen LogP contribution in [0.3, 0.4) is 0 Å². The summed E-state index contributed by atoms with van der Waals surface area (Å²) in [6.45, 7) is 12.8. The van der Waals surface area contributed by atoms with Gasteiger partial charge in [-0.05, 0) is 95.8 Å². The van der Waals surface area contributed by atoms with E-state index in [9.17, 15) is 9.90 Å². The van der Waals surface area contributed by atoms with Crippen LogP contribution in [0, 0.1) is 27.7 Å². The maximum absolute atomic E-state index is 12.8. The summed E-state index contributed by atoms with van der Waals surface area (Å²) in [6, 6.07) is 7.25. The van der Waals surface area contributed by atoms with Gasteiger partial charge in [0.05, 0.1) is 5.56 Å². The highest BCUT2D eigenvalue weighted by molar-refractivity contribution is 5.95. The van der Waals surface area contributed by atoms with E-state index in [2.05, 4.69) is 48.0 Å². The minimum absolute atomic E-state index is 0.0179. The van der Waals surface area contributed by atoms with Crippen molar-refractivity contribution < 1.29 is 19.1 Å². The first-order chi connectivity index (χ1) is 17.2. The van der Waals surface area contributed by atoms with Crippen molar-refractivity contribution in [1.29, 1.82) is 0 Å². The lowest BCUT2D eigenvalue weighted by atomic mass is 9.94. The second kappa shape index (κ2) is 11.4. The van der Waals surface area contributed by atoms with Crippen LogP contribution in [0.5, 0.6) is 5.75 Å². The van der Waals surface area contributed by atoms with Crippen molar-refractivity contribution in [1.82, 2.24) is 15.1 Å². The van der Waals surface area contributed by atoms with Gasteiger partial charge in [0.1, 0.15) is 30.0 Å². The molecule has 2 aliphatic rings. The molecule has 0 saturated carbocycles. The molecule has 198 valence electrons. The number of aryl methyl sites for hydroxylation is 2. The minimum Gasteiger partial charge on any atom is -0.491 e. The molecule has 1 aromatic heterocycles. The number of likely N-dealkylation sites (N-methyl/N-ethyl adjacent to an activating group) is 1. The molecule has 1 amide bonds. The van der Waals surface area contributed by atoms with Gasteiger partial charge in [-0.2, -0.15) is 0 Å². The number of carbonyl (C=O) groups excluding carboxylic acids is 1. The van der Waals surface area contributed by atoms with E-state index in [0.29, 0.717) is 36.6 Å². The van der Waals surface area contributed by atoms with E-state index in [-0.39, 0.29) is 11.9 Å². The van der Waals surface area contributed by atoms with Crippen molar-refractivity contribution in [3.8, 4) is 5.75 Å². The molecule has 2 fully saturated rings.